The molecule has 6 heteroatoms. The van der Waals surface area contributed by atoms with Crippen LogP contribution >= 0.6 is 0 Å². The highest BCUT2D eigenvalue weighted by Gasteiger charge is 2.37. The van der Waals surface area contributed by atoms with Crippen molar-refractivity contribution in [1.82, 2.24) is 4.90 Å². The van der Waals surface area contributed by atoms with E-state index < -0.39 is 11.6 Å². The first-order valence-electron chi connectivity index (χ1n) is 9.37. The largest absolute Gasteiger partial charge is 0.465 e. The van der Waals surface area contributed by atoms with Gasteiger partial charge in [-0.3, -0.25) is 4.90 Å². The number of rotatable bonds is 3. The van der Waals surface area contributed by atoms with Crippen LogP contribution < -0.4 is 9.80 Å². The van der Waals surface area contributed by atoms with E-state index in [1.807, 2.05) is 32.9 Å². The molecular formula is C20H28N4O2. The Balaban J connectivity index is 1.80. The molecule has 0 bridgehead atoms. The van der Waals surface area contributed by atoms with Gasteiger partial charge < -0.3 is 14.9 Å². The molecule has 0 saturated carbocycles. The number of carboxylic acid groups (broad SMARTS) is 1. The Bertz CT molecular complexity index is 714. The zero-order valence-electron chi connectivity index (χ0n) is 15.9. The summed E-state index contributed by atoms with van der Waals surface area (Å²) in [6, 6.07) is 8.37. The maximum absolute atomic E-state index is 11.7. The van der Waals surface area contributed by atoms with Gasteiger partial charge in [-0.15, -0.1) is 0 Å². The van der Waals surface area contributed by atoms with E-state index in [-0.39, 0.29) is 6.04 Å². The highest BCUT2D eigenvalue weighted by atomic mass is 16.4. The van der Waals surface area contributed by atoms with Gasteiger partial charge in [0, 0.05) is 37.4 Å². The van der Waals surface area contributed by atoms with Crippen LogP contribution in [0.15, 0.2) is 18.2 Å². The Morgan fingerprint density at radius 2 is 1.92 bits per heavy atom. The molecule has 26 heavy (non-hydrogen) atoms. The van der Waals surface area contributed by atoms with Crippen LogP contribution in [0.25, 0.3) is 0 Å². The first-order valence-corrected chi connectivity index (χ1v) is 9.37. The molecule has 2 fully saturated rings. The van der Waals surface area contributed by atoms with Crippen molar-refractivity contribution in [2.75, 3.05) is 36.0 Å². The van der Waals surface area contributed by atoms with Gasteiger partial charge in [0.05, 0.1) is 17.3 Å². The fourth-order valence-corrected chi connectivity index (χ4v) is 4.22. The normalized spacial score (nSPS) is 20.3. The minimum absolute atomic E-state index is 0.0581. The van der Waals surface area contributed by atoms with Crippen LogP contribution in [0.5, 0.6) is 0 Å². The standard InChI is InChI=1S/C20H28N4O2/c1-20(2,3)24(19(25)26)17-8-11-23(14-17)18-7-6-16(12-15(18)13-21)22-9-4-5-10-22/h6-7,12,17H,4-5,8-11,14H2,1-3H3,(H,25,26)/t17-/m0/s1. The van der Waals surface area contributed by atoms with E-state index in [2.05, 4.69) is 21.9 Å². The molecule has 2 saturated heterocycles. The Morgan fingerprint density at radius 1 is 1.23 bits per heavy atom. The van der Waals surface area contributed by atoms with Crippen molar-refractivity contribution in [2.24, 2.45) is 0 Å². The molecule has 1 amide bonds. The van der Waals surface area contributed by atoms with Gasteiger partial charge in [-0.2, -0.15) is 5.26 Å². The van der Waals surface area contributed by atoms with E-state index in [1.54, 1.807) is 4.90 Å². The summed E-state index contributed by atoms with van der Waals surface area (Å²) in [5.74, 6) is 0. The summed E-state index contributed by atoms with van der Waals surface area (Å²) in [6.45, 7) is 9.27. The van der Waals surface area contributed by atoms with Crippen LogP contribution in [-0.4, -0.2) is 53.9 Å². The van der Waals surface area contributed by atoms with Crippen LogP contribution in [0, 0.1) is 11.3 Å². The molecular weight excluding hydrogens is 328 g/mol. The molecule has 3 rings (SSSR count). The number of amides is 1. The smallest absolute Gasteiger partial charge is 0.408 e. The molecule has 2 aliphatic rings. The summed E-state index contributed by atoms with van der Waals surface area (Å²) in [6.07, 6.45) is 2.31. The number of hydrogen-bond acceptors (Lipinski definition) is 4. The second kappa shape index (κ2) is 7.06. The Labute approximate surface area is 155 Å². The lowest BCUT2D eigenvalue weighted by molar-refractivity contribution is 0.0763. The van der Waals surface area contributed by atoms with Gasteiger partial charge in [0.1, 0.15) is 6.07 Å². The third-order valence-electron chi connectivity index (χ3n) is 5.37. The van der Waals surface area contributed by atoms with Crippen molar-refractivity contribution in [1.29, 1.82) is 5.26 Å². The predicted molar refractivity (Wildman–Crippen MR) is 103 cm³/mol. The molecule has 140 valence electrons. The Morgan fingerprint density at radius 3 is 2.50 bits per heavy atom. The first-order chi connectivity index (χ1) is 12.3. The Hall–Kier alpha value is -2.42. The molecule has 0 unspecified atom stereocenters. The zero-order valence-corrected chi connectivity index (χ0v) is 15.9. The zero-order chi connectivity index (χ0) is 18.9. The molecule has 1 aromatic carbocycles. The van der Waals surface area contributed by atoms with Gasteiger partial charge in [0.25, 0.3) is 0 Å². The number of anilines is 2. The molecule has 0 radical (unpaired) electrons. The summed E-state index contributed by atoms with van der Waals surface area (Å²) in [5.41, 5.74) is 2.26. The van der Waals surface area contributed by atoms with E-state index in [9.17, 15) is 15.2 Å². The Kier molecular flexibility index (Phi) is 4.99. The van der Waals surface area contributed by atoms with Crippen molar-refractivity contribution in [3.8, 4) is 6.07 Å². The molecule has 0 aromatic heterocycles. The monoisotopic (exact) mass is 356 g/mol. The minimum Gasteiger partial charge on any atom is -0.465 e. The molecule has 6 nitrogen and oxygen atoms in total. The van der Waals surface area contributed by atoms with E-state index in [1.165, 1.54) is 12.8 Å². The fraction of sp³-hybridized carbons (Fsp3) is 0.600. The number of carbonyl (C=O) groups is 1. The first kappa shape index (κ1) is 18.4. The van der Waals surface area contributed by atoms with Crippen LogP contribution in [0.1, 0.15) is 45.6 Å². The van der Waals surface area contributed by atoms with Crippen LogP contribution in [0.2, 0.25) is 0 Å². The molecule has 0 aliphatic carbocycles. The van der Waals surface area contributed by atoms with Gasteiger partial charge in [-0.25, -0.2) is 4.79 Å². The topological polar surface area (TPSA) is 70.8 Å². The van der Waals surface area contributed by atoms with E-state index in [4.69, 9.17) is 0 Å². The average molecular weight is 356 g/mol. The van der Waals surface area contributed by atoms with Crippen LogP contribution in [-0.2, 0) is 0 Å². The SMILES string of the molecule is CC(C)(C)N(C(=O)O)[C@H]1CCN(c2ccc(N3CCCC3)cc2C#N)C1. The van der Waals surface area contributed by atoms with Crippen LogP contribution in [0.4, 0.5) is 16.2 Å². The summed E-state index contributed by atoms with van der Waals surface area (Å²) >= 11 is 0. The van der Waals surface area contributed by atoms with Crippen molar-refractivity contribution in [3.63, 3.8) is 0 Å². The van der Waals surface area contributed by atoms with Crippen LogP contribution in [0.3, 0.4) is 0 Å². The average Bonchev–Trinajstić information content (AvgIpc) is 3.24. The number of nitrogens with zero attached hydrogens (tertiary/aromatic N) is 4. The lowest BCUT2D eigenvalue weighted by Gasteiger charge is -2.38. The van der Waals surface area contributed by atoms with E-state index in [0.717, 1.165) is 37.4 Å². The van der Waals surface area contributed by atoms with Gasteiger partial charge in [0.2, 0.25) is 0 Å². The van der Waals surface area contributed by atoms with E-state index in [0.29, 0.717) is 12.1 Å². The molecule has 1 atom stereocenters. The highest BCUT2D eigenvalue weighted by molar-refractivity contribution is 5.69. The summed E-state index contributed by atoms with van der Waals surface area (Å²) < 4.78 is 0. The third-order valence-corrected chi connectivity index (χ3v) is 5.37. The predicted octanol–water partition coefficient (Wildman–Crippen LogP) is 3.52. The summed E-state index contributed by atoms with van der Waals surface area (Å²) in [7, 11) is 0. The van der Waals surface area contributed by atoms with Gasteiger partial charge >= 0.3 is 6.09 Å². The minimum atomic E-state index is -0.880. The summed E-state index contributed by atoms with van der Waals surface area (Å²) in [5, 5.41) is 19.3. The number of benzene rings is 1. The number of hydrogen-bond donors (Lipinski definition) is 1. The molecule has 2 aliphatic heterocycles. The lowest BCUT2D eigenvalue weighted by atomic mass is 10.0. The second-order valence-corrected chi connectivity index (χ2v) is 8.22. The lowest BCUT2D eigenvalue weighted by Crippen LogP contribution is -2.52. The number of nitriles is 1. The maximum atomic E-state index is 11.7. The second-order valence-electron chi connectivity index (χ2n) is 8.22. The highest BCUT2D eigenvalue weighted by Crippen LogP contribution is 2.32. The maximum Gasteiger partial charge on any atom is 0.408 e. The van der Waals surface area contributed by atoms with Crippen molar-refractivity contribution < 1.29 is 9.90 Å². The van der Waals surface area contributed by atoms with Gasteiger partial charge in [-0.1, -0.05) is 0 Å². The molecule has 1 N–H and O–H groups in total. The molecule has 0 spiro atoms. The molecule has 1 aromatic rings. The fourth-order valence-electron chi connectivity index (χ4n) is 4.22. The third kappa shape index (κ3) is 3.57. The van der Waals surface area contributed by atoms with Crippen molar-refractivity contribution >= 4 is 17.5 Å². The van der Waals surface area contributed by atoms with Gasteiger partial charge in [0.15, 0.2) is 0 Å². The van der Waals surface area contributed by atoms with Gasteiger partial charge in [-0.05, 0) is 58.2 Å². The van der Waals surface area contributed by atoms with E-state index >= 15 is 0 Å². The van der Waals surface area contributed by atoms with Crippen molar-refractivity contribution in [2.45, 2.75) is 51.6 Å². The van der Waals surface area contributed by atoms with Crippen molar-refractivity contribution in [3.05, 3.63) is 23.8 Å². The summed E-state index contributed by atoms with van der Waals surface area (Å²) in [4.78, 5) is 17.8. The molecule has 2 heterocycles. The quantitative estimate of drug-likeness (QED) is 0.897.